The third-order valence-electron chi connectivity index (χ3n) is 3.42. The maximum atomic E-state index is 9.50. The van der Waals surface area contributed by atoms with Crippen molar-refractivity contribution in [2.24, 2.45) is 7.05 Å². The topological polar surface area (TPSA) is 38.1 Å². The molecule has 0 fully saturated rings. The Kier molecular flexibility index (Phi) is 2.75. The molecule has 1 heterocycles. The Balaban J connectivity index is 2.06. The number of imidazole rings is 1. The lowest BCUT2D eigenvalue weighted by molar-refractivity contribution is 0.476. The number of nitrogens with zero attached hydrogens (tertiary/aromatic N) is 2. The van der Waals surface area contributed by atoms with Gasteiger partial charge in [0.25, 0.3) is 0 Å². The van der Waals surface area contributed by atoms with Gasteiger partial charge < -0.3 is 9.67 Å². The first-order chi connectivity index (χ1) is 9.15. The van der Waals surface area contributed by atoms with E-state index in [1.165, 1.54) is 5.56 Å². The van der Waals surface area contributed by atoms with Gasteiger partial charge in [0.15, 0.2) is 0 Å². The van der Waals surface area contributed by atoms with Crippen LogP contribution in [0.1, 0.15) is 17.0 Å². The van der Waals surface area contributed by atoms with Crippen molar-refractivity contribution in [1.82, 2.24) is 9.55 Å². The first kappa shape index (κ1) is 11.8. The minimum Gasteiger partial charge on any atom is -0.508 e. The lowest BCUT2D eigenvalue weighted by atomic mass is 10.1. The molecule has 0 saturated carbocycles. The Bertz CT molecular complexity index is 744. The van der Waals surface area contributed by atoms with Gasteiger partial charge in [0.05, 0.1) is 11.0 Å². The standard InChI is InChI=1S/C16H15N2O/c1-11-5-3-4-6-12(11)9-16-17-14-10-13(19)7-8-15(14)18(16)2/h3-8,10,19H,1,9H2,2H3. The van der Waals surface area contributed by atoms with Crippen LogP contribution in [0.15, 0.2) is 42.5 Å². The highest BCUT2D eigenvalue weighted by atomic mass is 16.3. The zero-order valence-corrected chi connectivity index (χ0v) is 10.8. The molecule has 0 amide bonds. The second-order valence-corrected chi connectivity index (χ2v) is 4.71. The summed E-state index contributed by atoms with van der Waals surface area (Å²) in [6.07, 6.45) is 0.742. The monoisotopic (exact) mass is 251 g/mol. The number of phenols is 1. The number of fused-ring (bicyclic) bond motifs is 1. The Morgan fingerprint density at radius 3 is 2.79 bits per heavy atom. The molecule has 0 bridgehead atoms. The van der Waals surface area contributed by atoms with E-state index in [0.29, 0.717) is 0 Å². The lowest BCUT2D eigenvalue weighted by Gasteiger charge is -2.05. The maximum Gasteiger partial charge on any atom is 0.117 e. The number of phenolic OH excluding ortho intramolecular Hbond substituents is 1. The highest BCUT2D eigenvalue weighted by Crippen LogP contribution is 2.22. The summed E-state index contributed by atoms with van der Waals surface area (Å²) in [5.41, 5.74) is 4.04. The third-order valence-corrected chi connectivity index (χ3v) is 3.42. The van der Waals surface area contributed by atoms with Crippen LogP contribution in [0, 0.1) is 6.92 Å². The summed E-state index contributed by atoms with van der Waals surface area (Å²) < 4.78 is 2.06. The highest BCUT2D eigenvalue weighted by molar-refractivity contribution is 5.77. The molecule has 0 aliphatic heterocycles. The summed E-state index contributed by atoms with van der Waals surface area (Å²) in [6.45, 7) is 4.04. The van der Waals surface area contributed by atoms with Crippen LogP contribution < -0.4 is 0 Å². The predicted molar refractivity (Wildman–Crippen MR) is 76.1 cm³/mol. The van der Waals surface area contributed by atoms with E-state index >= 15 is 0 Å². The molecule has 0 aliphatic carbocycles. The van der Waals surface area contributed by atoms with E-state index in [1.54, 1.807) is 12.1 Å². The fourth-order valence-electron chi connectivity index (χ4n) is 2.30. The largest absolute Gasteiger partial charge is 0.508 e. The molecule has 0 unspecified atom stereocenters. The van der Waals surface area contributed by atoms with Crippen molar-refractivity contribution >= 4 is 11.0 Å². The molecule has 3 heteroatoms. The van der Waals surface area contributed by atoms with Gasteiger partial charge in [-0.1, -0.05) is 24.3 Å². The van der Waals surface area contributed by atoms with Crippen molar-refractivity contribution in [3.63, 3.8) is 0 Å². The zero-order chi connectivity index (χ0) is 13.4. The van der Waals surface area contributed by atoms with Gasteiger partial charge in [-0.25, -0.2) is 4.98 Å². The van der Waals surface area contributed by atoms with E-state index in [0.717, 1.165) is 28.8 Å². The molecule has 3 aromatic rings. The maximum absolute atomic E-state index is 9.50. The van der Waals surface area contributed by atoms with Crippen LogP contribution in [0.5, 0.6) is 5.75 Å². The molecule has 3 rings (SSSR count). The lowest BCUT2D eigenvalue weighted by Crippen LogP contribution is -2.00. The average molecular weight is 251 g/mol. The van der Waals surface area contributed by atoms with Gasteiger partial charge in [-0.15, -0.1) is 0 Å². The van der Waals surface area contributed by atoms with Crippen LogP contribution in [0.3, 0.4) is 0 Å². The summed E-state index contributed by atoms with van der Waals surface area (Å²) in [7, 11) is 1.99. The normalized spacial score (nSPS) is 11.1. The highest BCUT2D eigenvalue weighted by Gasteiger charge is 2.09. The van der Waals surface area contributed by atoms with Crippen molar-refractivity contribution < 1.29 is 5.11 Å². The summed E-state index contributed by atoms with van der Waals surface area (Å²) in [5.74, 6) is 1.21. The van der Waals surface area contributed by atoms with Crippen LogP contribution in [0.4, 0.5) is 0 Å². The van der Waals surface area contributed by atoms with Crippen molar-refractivity contribution in [3.05, 3.63) is 66.3 Å². The van der Waals surface area contributed by atoms with Gasteiger partial charge in [-0.3, -0.25) is 0 Å². The van der Waals surface area contributed by atoms with E-state index in [-0.39, 0.29) is 5.75 Å². The van der Waals surface area contributed by atoms with Crippen molar-refractivity contribution in [3.8, 4) is 5.75 Å². The van der Waals surface area contributed by atoms with Crippen LogP contribution in [-0.2, 0) is 13.5 Å². The van der Waals surface area contributed by atoms with E-state index in [1.807, 2.05) is 31.3 Å². The van der Waals surface area contributed by atoms with Gasteiger partial charge in [-0.05, 0) is 30.2 Å². The molecule has 0 spiro atoms. The van der Waals surface area contributed by atoms with Crippen LogP contribution in [-0.4, -0.2) is 14.7 Å². The number of aryl methyl sites for hydroxylation is 1. The van der Waals surface area contributed by atoms with Gasteiger partial charge in [0, 0.05) is 19.5 Å². The molecule has 95 valence electrons. The average Bonchev–Trinajstić information content (AvgIpc) is 2.68. The molecule has 0 saturated heterocycles. The van der Waals surface area contributed by atoms with Crippen molar-refractivity contribution in [2.45, 2.75) is 6.42 Å². The van der Waals surface area contributed by atoms with E-state index in [4.69, 9.17) is 0 Å². The Morgan fingerprint density at radius 2 is 2.00 bits per heavy atom. The Hall–Kier alpha value is -2.29. The molecule has 2 aromatic carbocycles. The fraction of sp³-hybridized carbons (Fsp3) is 0.125. The van der Waals surface area contributed by atoms with E-state index in [9.17, 15) is 5.11 Å². The summed E-state index contributed by atoms with van der Waals surface area (Å²) in [5, 5.41) is 9.50. The number of benzene rings is 2. The van der Waals surface area contributed by atoms with E-state index < -0.39 is 0 Å². The number of hydrogen-bond acceptors (Lipinski definition) is 2. The molecule has 3 nitrogen and oxygen atoms in total. The van der Waals surface area contributed by atoms with Gasteiger partial charge in [-0.2, -0.15) is 0 Å². The molecule has 1 N–H and O–H groups in total. The second-order valence-electron chi connectivity index (χ2n) is 4.71. The SMILES string of the molecule is [CH2]c1ccccc1Cc1nc2cc(O)ccc2n1C. The molecule has 0 atom stereocenters. The van der Waals surface area contributed by atoms with E-state index in [2.05, 4.69) is 22.5 Å². The number of rotatable bonds is 2. The smallest absolute Gasteiger partial charge is 0.117 e. The first-order valence-corrected chi connectivity index (χ1v) is 6.19. The van der Waals surface area contributed by atoms with Gasteiger partial charge >= 0.3 is 0 Å². The summed E-state index contributed by atoms with van der Waals surface area (Å²) in [6, 6.07) is 13.3. The zero-order valence-electron chi connectivity index (χ0n) is 10.8. The predicted octanol–water partition coefficient (Wildman–Crippen LogP) is 3.05. The number of aromatic hydroxyl groups is 1. The van der Waals surface area contributed by atoms with Gasteiger partial charge in [0.1, 0.15) is 11.6 Å². The van der Waals surface area contributed by atoms with Crippen LogP contribution in [0.2, 0.25) is 0 Å². The van der Waals surface area contributed by atoms with Crippen molar-refractivity contribution in [1.29, 1.82) is 0 Å². The minimum atomic E-state index is 0.245. The number of aromatic nitrogens is 2. The van der Waals surface area contributed by atoms with Crippen molar-refractivity contribution in [2.75, 3.05) is 0 Å². The molecular weight excluding hydrogens is 236 g/mol. The van der Waals surface area contributed by atoms with Crippen LogP contribution >= 0.6 is 0 Å². The number of hydrogen-bond donors (Lipinski definition) is 1. The Labute approximate surface area is 112 Å². The van der Waals surface area contributed by atoms with Crippen LogP contribution in [0.25, 0.3) is 11.0 Å². The Morgan fingerprint density at radius 1 is 1.21 bits per heavy atom. The molecule has 0 aliphatic rings. The molecule has 1 aromatic heterocycles. The third kappa shape index (κ3) is 2.08. The van der Waals surface area contributed by atoms with Gasteiger partial charge in [0.2, 0.25) is 0 Å². The molecular formula is C16H15N2O. The summed E-state index contributed by atoms with van der Waals surface area (Å²) in [4.78, 5) is 4.58. The quantitative estimate of drug-likeness (QED) is 0.760. The summed E-state index contributed by atoms with van der Waals surface area (Å²) >= 11 is 0. The molecule has 1 radical (unpaired) electrons. The second kappa shape index (κ2) is 4.43. The molecule has 19 heavy (non-hydrogen) atoms. The first-order valence-electron chi connectivity index (χ1n) is 6.19. The minimum absolute atomic E-state index is 0.245. The fourth-order valence-corrected chi connectivity index (χ4v) is 2.30.